The molecule has 90 valence electrons. The lowest BCUT2D eigenvalue weighted by Crippen LogP contribution is -2.04. The van der Waals surface area contributed by atoms with Crippen LogP contribution in [0.3, 0.4) is 0 Å². The first kappa shape index (κ1) is 13.3. The predicted molar refractivity (Wildman–Crippen MR) is 74.9 cm³/mol. The number of rotatable bonds is 3. The van der Waals surface area contributed by atoms with E-state index in [1.165, 1.54) is 6.20 Å². The van der Waals surface area contributed by atoms with Crippen molar-refractivity contribution in [1.82, 2.24) is 4.98 Å². The van der Waals surface area contributed by atoms with Crippen LogP contribution in [0.15, 0.2) is 28.2 Å². The molecule has 2 aromatic heterocycles. The van der Waals surface area contributed by atoms with E-state index in [1.807, 2.05) is 11.4 Å². The maximum Gasteiger partial charge on any atom is 0.102 e. The zero-order valence-electron chi connectivity index (χ0n) is 8.53. The number of thiophene rings is 1. The average molecular weight is 353 g/mol. The molecule has 0 bridgehead atoms. The summed E-state index contributed by atoms with van der Waals surface area (Å²) < 4.78 is 1.01. The van der Waals surface area contributed by atoms with E-state index in [0.717, 1.165) is 9.35 Å². The molecule has 17 heavy (non-hydrogen) atoms. The molecule has 2 aromatic rings. The highest BCUT2D eigenvalue weighted by molar-refractivity contribution is 9.10. The molecule has 0 fully saturated rings. The van der Waals surface area contributed by atoms with Crippen LogP contribution >= 0.6 is 50.5 Å². The van der Waals surface area contributed by atoms with Gasteiger partial charge < -0.3 is 5.11 Å². The van der Waals surface area contributed by atoms with Crippen molar-refractivity contribution >= 4 is 50.5 Å². The molecule has 2 nitrogen and oxygen atoms in total. The molecule has 1 unspecified atom stereocenters. The largest absolute Gasteiger partial charge is 0.386 e. The summed E-state index contributed by atoms with van der Waals surface area (Å²) in [6.07, 6.45) is 1.26. The fourth-order valence-electron chi connectivity index (χ4n) is 1.42. The van der Waals surface area contributed by atoms with Crippen LogP contribution in [0, 0.1) is 0 Å². The van der Waals surface area contributed by atoms with Gasteiger partial charge in [-0.2, -0.15) is 0 Å². The standard InChI is InChI=1S/C11H8BrCl2NOS/c12-6-1-8(17-5-6)3-10(16)11-9(14)2-7(13)4-15-11/h1-2,4-5,10,16H,3H2. The third-order valence-electron chi connectivity index (χ3n) is 2.17. The van der Waals surface area contributed by atoms with E-state index < -0.39 is 6.10 Å². The summed E-state index contributed by atoms with van der Waals surface area (Å²) >= 11 is 16.7. The normalized spacial score (nSPS) is 12.7. The van der Waals surface area contributed by atoms with Crippen LogP contribution in [0.5, 0.6) is 0 Å². The smallest absolute Gasteiger partial charge is 0.102 e. The molecule has 0 aliphatic heterocycles. The van der Waals surface area contributed by atoms with Crippen molar-refractivity contribution in [3.63, 3.8) is 0 Å². The van der Waals surface area contributed by atoms with E-state index in [-0.39, 0.29) is 0 Å². The van der Waals surface area contributed by atoms with Gasteiger partial charge >= 0.3 is 0 Å². The van der Waals surface area contributed by atoms with Gasteiger partial charge in [0, 0.05) is 27.3 Å². The van der Waals surface area contributed by atoms with Gasteiger partial charge in [-0.15, -0.1) is 11.3 Å². The summed E-state index contributed by atoms with van der Waals surface area (Å²) in [5.74, 6) is 0. The number of pyridine rings is 1. The van der Waals surface area contributed by atoms with Crippen molar-refractivity contribution in [2.75, 3.05) is 0 Å². The first-order valence-electron chi connectivity index (χ1n) is 4.78. The molecule has 0 radical (unpaired) electrons. The second-order valence-electron chi connectivity index (χ2n) is 3.47. The lowest BCUT2D eigenvalue weighted by Gasteiger charge is -2.10. The van der Waals surface area contributed by atoms with E-state index >= 15 is 0 Å². The third-order valence-corrected chi connectivity index (χ3v) is 4.40. The van der Waals surface area contributed by atoms with Gasteiger partial charge in [-0.05, 0) is 28.1 Å². The number of aliphatic hydroxyl groups excluding tert-OH is 1. The zero-order chi connectivity index (χ0) is 12.4. The fraction of sp³-hybridized carbons (Fsp3) is 0.182. The Kier molecular flexibility index (Phi) is 4.44. The molecule has 0 spiro atoms. The molecule has 1 N–H and O–H groups in total. The Morgan fingerprint density at radius 2 is 2.18 bits per heavy atom. The molecule has 0 saturated carbocycles. The summed E-state index contributed by atoms with van der Waals surface area (Å²) in [7, 11) is 0. The molecule has 0 aliphatic rings. The maximum atomic E-state index is 10.1. The molecule has 0 saturated heterocycles. The van der Waals surface area contributed by atoms with Gasteiger partial charge in [0.15, 0.2) is 0 Å². The highest BCUT2D eigenvalue weighted by Gasteiger charge is 2.15. The van der Waals surface area contributed by atoms with E-state index in [9.17, 15) is 5.11 Å². The molecule has 1 atom stereocenters. The molecule has 0 aliphatic carbocycles. The van der Waals surface area contributed by atoms with E-state index in [2.05, 4.69) is 20.9 Å². The SMILES string of the molecule is OC(Cc1cc(Br)cs1)c1ncc(Cl)cc1Cl. The summed E-state index contributed by atoms with van der Waals surface area (Å²) in [5, 5.41) is 12.9. The molecular weight excluding hydrogens is 345 g/mol. The summed E-state index contributed by atoms with van der Waals surface area (Å²) in [4.78, 5) is 5.13. The monoisotopic (exact) mass is 351 g/mol. The minimum absolute atomic E-state index is 0.389. The van der Waals surface area contributed by atoms with E-state index in [1.54, 1.807) is 17.4 Å². The Morgan fingerprint density at radius 3 is 2.76 bits per heavy atom. The van der Waals surface area contributed by atoms with E-state index in [4.69, 9.17) is 23.2 Å². The van der Waals surface area contributed by atoms with Gasteiger partial charge in [-0.1, -0.05) is 23.2 Å². The number of hydrogen-bond acceptors (Lipinski definition) is 3. The second kappa shape index (κ2) is 5.67. The van der Waals surface area contributed by atoms with Gasteiger partial charge in [0.1, 0.15) is 6.10 Å². The van der Waals surface area contributed by atoms with Crippen molar-refractivity contribution in [2.24, 2.45) is 0 Å². The van der Waals surface area contributed by atoms with E-state index in [0.29, 0.717) is 22.2 Å². The number of aromatic nitrogens is 1. The van der Waals surface area contributed by atoms with Crippen LogP contribution in [0.2, 0.25) is 10.0 Å². The molecule has 0 aromatic carbocycles. The van der Waals surface area contributed by atoms with Gasteiger partial charge in [0.05, 0.1) is 15.7 Å². The van der Waals surface area contributed by atoms with Crippen molar-refractivity contribution in [3.05, 3.63) is 48.8 Å². The van der Waals surface area contributed by atoms with Crippen LogP contribution in [0.25, 0.3) is 0 Å². The van der Waals surface area contributed by atoms with Crippen molar-refractivity contribution in [2.45, 2.75) is 12.5 Å². The number of nitrogens with zero attached hydrogens (tertiary/aromatic N) is 1. The van der Waals surface area contributed by atoms with Crippen molar-refractivity contribution < 1.29 is 5.11 Å². The van der Waals surface area contributed by atoms with Crippen LogP contribution in [0.4, 0.5) is 0 Å². The van der Waals surface area contributed by atoms with Crippen molar-refractivity contribution in [1.29, 1.82) is 0 Å². The van der Waals surface area contributed by atoms with Gasteiger partial charge in [0.25, 0.3) is 0 Å². The fourth-order valence-corrected chi connectivity index (χ4v) is 3.41. The van der Waals surface area contributed by atoms with Crippen LogP contribution in [-0.4, -0.2) is 10.1 Å². The maximum absolute atomic E-state index is 10.1. The lowest BCUT2D eigenvalue weighted by molar-refractivity contribution is 0.174. The first-order valence-corrected chi connectivity index (χ1v) is 7.21. The second-order valence-corrected chi connectivity index (χ2v) is 6.23. The number of hydrogen-bond donors (Lipinski definition) is 1. The molecule has 2 heterocycles. The Bertz CT molecular complexity index is 532. The number of aliphatic hydroxyl groups is 1. The summed E-state index contributed by atoms with van der Waals surface area (Å²) in [5.41, 5.74) is 0.459. The zero-order valence-corrected chi connectivity index (χ0v) is 12.4. The first-order chi connectivity index (χ1) is 8.06. The topological polar surface area (TPSA) is 33.1 Å². The van der Waals surface area contributed by atoms with Crippen LogP contribution in [0.1, 0.15) is 16.7 Å². The van der Waals surface area contributed by atoms with Gasteiger partial charge in [-0.25, -0.2) is 0 Å². The predicted octanol–water partition coefficient (Wildman–Crippen LogP) is 4.49. The third kappa shape index (κ3) is 3.42. The quantitative estimate of drug-likeness (QED) is 0.882. The lowest BCUT2D eigenvalue weighted by atomic mass is 10.1. The highest BCUT2D eigenvalue weighted by Crippen LogP contribution is 2.29. The molecule has 0 amide bonds. The van der Waals surface area contributed by atoms with Crippen LogP contribution < -0.4 is 0 Å². The number of halogens is 3. The summed E-state index contributed by atoms with van der Waals surface area (Å²) in [6, 6.07) is 3.55. The molecule has 6 heteroatoms. The Hall–Kier alpha value is -0.130. The Balaban J connectivity index is 2.17. The summed E-state index contributed by atoms with van der Waals surface area (Å²) in [6.45, 7) is 0. The minimum Gasteiger partial charge on any atom is -0.386 e. The van der Waals surface area contributed by atoms with Crippen LogP contribution in [-0.2, 0) is 6.42 Å². The molecule has 2 rings (SSSR count). The minimum atomic E-state index is -0.717. The Labute approximate surface area is 121 Å². The Morgan fingerprint density at radius 1 is 1.41 bits per heavy atom. The highest BCUT2D eigenvalue weighted by atomic mass is 79.9. The van der Waals surface area contributed by atoms with Gasteiger partial charge in [0.2, 0.25) is 0 Å². The van der Waals surface area contributed by atoms with Gasteiger partial charge in [-0.3, -0.25) is 4.98 Å². The van der Waals surface area contributed by atoms with Crippen molar-refractivity contribution in [3.8, 4) is 0 Å². The molecular formula is C11H8BrCl2NOS. The average Bonchev–Trinajstić information content (AvgIpc) is 2.63.